The minimum Gasteiger partial charge on any atom is -0.492 e. The second kappa shape index (κ2) is 31.8. The number of fused-ring (bicyclic) bond motifs is 2. The van der Waals surface area contributed by atoms with E-state index in [1.54, 1.807) is 45.0 Å². The van der Waals surface area contributed by atoms with Crippen molar-refractivity contribution in [1.29, 1.82) is 0 Å². The van der Waals surface area contributed by atoms with Gasteiger partial charge in [0.1, 0.15) is 36.9 Å². The number of carbonyl (C=O) groups excluding carboxylic acids is 3. The van der Waals surface area contributed by atoms with Crippen LogP contribution in [-0.2, 0) is 71.2 Å². The van der Waals surface area contributed by atoms with Crippen LogP contribution in [0.25, 0.3) is 20.2 Å². The summed E-state index contributed by atoms with van der Waals surface area (Å²) in [4.78, 5) is 49.7. The molecule has 1 heterocycles. The van der Waals surface area contributed by atoms with Crippen LogP contribution in [0, 0.1) is 0 Å². The summed E-state index contributed by atoms with van der Waals surface area (Å²) in [6.45, 7) is 20.1. The molecule has 1 amide bonds. The van der Waals surface area contributed by atoms with Gasteiger partial charge in [-0.1, -0.05) is 38.4 Å². The first-order valence-electron chi connectivity index (χ1n) is 21.2. The summed E-state index contributed by atoms with van der Waals surface area (Å²) in [5, 5.41) is 4.05. The van der Waals surface area contributed by atoms with Gasteiger partial charge in [0.05, 0.1) is 79.3 Å². The SMILES string of the molecule is C=CC(=C)OCCOCCOC(C)OCC(COC(C)OCCOCCOC(=O)C=C)(COC(C)OCCOCCOC(=O)C=C)NC(=O)COc1ccc2sc3ccccc3c(=O)c2c1. The molecule has 2 aromatic carbocycles. The highest BCUT2D eigenvalue weighted by atomic mass is 32.1. The Morgan fingerprint density at radius 1 is 0.606 bits per heavy atom. The van der Waals surface area contributed by atoms with Gasteiger partial charge in [-0.15, -0.1) is 11.3 Å². The van der Waals surface area contributed by atoms with E-state index in [9.17, 15) is 19.2 Å². The number of amides is 1. The maximum atomic E-state index is 13.8. The van der Waals surface area contributed by atoms with Gasteiger partial charge in [0, 0.05) is 32.3 Å². The van der Waals surface area contributed by atoms with E-state index in [0.717, 1.165) is 21.6 Å². The summed E-state index contributed by atoms with van der Waals surface area (Å²) >= 11 is 1.48. The molecule has 0 aliphatic rings. The predicted molar refractivity (Wildman–Crippen MR) is 246 cm³/mol. The molecular weight excluding hydrogens is 883 g/mol. The maximum absolute atomic E-state index is 13.8. The third kappa shape index (κ3) is 22.0. The maximum Gasteiger partial charge on any atom is 0.330 e. The number of hydrogen-bond acceptors (Lipinski definition) is 18. The summed E-state index contributed by atoms with van der Waals surface area (Å²) in [6.07, 6.45) is 1.26. The molecule has 0 aliphatic heterocycles. The summed E-state index contributed by atoms with van der Waals surface area (Å²) in [5.41, 5.74) is -1.53. The zero-order valence-corrected chi connectivity index (χ0v) is 38.8. The van der Waals surface area contributed by atoms with Crippen molar-refractivity contribution in [2.45, 2.75) is 45.2 Å². The van der Waals surface area contributed by atoms with Crippen molar-refractivity contribution in [2.24, 2.45) is 0 Å². The molecule has 0 bridgehead atoms. The summed E-state index contributed by atoms with van der Waals surface area (Å²) in [7, 11) is 0. The molecule has 66 heavy (non-hydrogen) atoms. The quantitative estimate of drug-likeness (QED) is 0.0153. The van der Waals surface area contributed by atoms with Crippen molar-refractivity contribution >= 4 is 49.4 Å². The lowest BCUT2D eigenvalue weighted by Crippen LogP contribution is -2.60. The second-order valence-corrected chi connectivity index (χ2v) is 15.1. The molecule has 0 saturated carbocycles. The molecule has 0 radical (unpaired) electrons. The number of ether oxygens (including phenoxy) is 13. The first-order chi connectivity index (χ1) is 31.9. The van der Waals surface area contributed by atoms with E-state index in [-0.39, 0.29) is 91.3 Å². The molecule has 18 nitrogen and oxygen atoms in total. The fraction of sp³-hybridized carbons (Fsp3) is 0.489. The molecule has 3 aromatic rings. The molecule has 1 aromatic heterocycles. The minimum absolute atomic E-state index is 0.0557. The van der Waals surface area contributed by atoms with E-state index in [1.165, 1.54) is 17.4 Å². The zero-order valence-electron chi connectivity index (χ0n) is 38.0. The first kappa shape index (κ1) is 55.3. The van der Waals surface area contributed by atoms with E-state index < -0.39 is 48.9 Å². The van der Waals surface area contributed by atoms with Crippen molar-refractivity contribution in [2.75, 3.05) is 106 Å². The smallest absolute Gasteiger partial charge is 0.330 e. The highest BCUT2D eigenvalue weighted by Gasteiger charge is 2.36. The van der Waals surface area contributed by atoms with Gasteiger partial charge in [-0.3, -0.25) is 9.59 Å². The standard InChI is InChI=1S/C47H63NO17S/c1-8-34(4)56-23-17-53-18-24-57-35(5)63-31-47(32-64-36(6)58-25-19-54-21-27-60-44(50)9-2,33-65-37(7)59-26-20-55-22-28-61-45(51)10-3)48-43(49)30-62-38-15-16-42-40(29-38)46(52)39-13-11-12-14-41(39)66-42/h8-16,29,35-37H,1-4,17-28,30-33H2,5-7H3,(H,48,49). The van der Waals surface area contributed by atoms with Crippen LogP contribution >= 0.6 is 11.3 Å². The second-order valence-electron chi connectivity index (χ2n) is 14.1. The molecule has 0 saturated heterocycles. The Labute approximate surface area is 389 Å². The minimum atomic E-state index is -1.39. The monoisotopic (exact) mass is 945 g/mol. The van der Waals surface area contributed by atoms with Crippen molar-refractivity contribution < 1.29 is 76.0 Å². The predicted octanol–water partition coefficient (Wildman–Crippen LogP) is 5.01. The van der Waals surface area contributed by atoms with Gasteiger partial charge >= 0.3 is 11.9 Å². The Balaban J connectivity index is 1.72. The summed E-state index contributed by atoms with van der Waals surface area (Å²) in [5.74, 6) is -0.896. The van der Waals surface area contributed by atoms with Crippen molar-refractivity contribution in [3.8, 4) is 5.75 Å². The normalized spacial score (nSPS) is 13.5. The van der Waals surface area contributed by atoms with Crippen LogP contribution < -0.4 is 15.5 Å². The molecule has 3 rings (SSSR count). The van der Waals surface area contributed by atoms with E-state index in [0.29, 0.717) is 35.5 Å². The largest absolute Gasteiger partial charge is 0.492 e. The van der Waals surface area contributed by atoms with Crippen LogP contribution in [0.1, 0.15) is 20.8 Å². The van der Waals surface area contributed by atoms with Gasteiger partial charge in [0.25, 0.3) is 5.91 Å². The van der Waals surface area contributed by atoms with Crippen LogP contribution in [0.4, 0.5) is 0 Å². The highest BCUT2D eigenvalue weighted by Crippen LogP contribution is 2.27. The Morgan fingerprint density at radius 3 is 1.58 bits per heavy atom. The van der Waals surface area contributed by atoms with Crippen molar-refractivity contribution in [1.82, 2.24) is 5.32 Å². The van der Waals surface area contributed by atoms with Crippen LogP contribution in [-0.4, -0.2) is 148 Å². The number of esters is 2. The van der Waals surface area contributed by atoms with Gasteiger partial charge in [0.2, 0.25) is 0 Å². The lowest BCUT2D eigenvalue weighted by atomic mass is 10.0. The lowest BCUT2D eigenvalue weighted by Gasteiger charge is -2.36. The number of allylic oxidation sites excluding steroid dienone is 1. The average molecular weight is 946 g/mol. The zero-order chi connectivity index (χ0) is 48.0. The van der Waals surface area contributed by atoms with Crippen LogP contribution in [0.2, 0.25) is 0 Å². The lowest BCUT2D eigenvalue weighted by molar-refractivity contribution is -0.202. The highest BCUT2D eigenvalue weighted by molar-refractivity contribution is 7.24. The molecule has 0 fully saturated rings. The van der Waals surface area contributed by atoms with Crippen LogP contribution in [0.5, 0.6) is 5.75 Å². The molecule has 0 spiro atoms. The first-order valence-corrected chi connectivity index (χ1v) is 22.0. The van der Waals surface area contributed by atoms with E-state index in [2.05, 4.69) is 31.6 Å². The number of benzene rings is 2. The Bertz CT molecular complexity index is 1930. The molecule has 364 valence electrons. The Morgan fingerprint density at radius 2 is 1.08 bits per heavy atom. The van der Waals surface area contributed by atoms with E-state index in [1.807, 2.05) is 18.2 Å². The van der Waals surface area contributed by atoms with Gasteiger partial charge in [0.15, 0.2) is 30.9 Å². The molecular formula is C47H63NO17S. The van der Waals surface area contributed by atoms with Crippen LogP contribution in [0.3, 0.4) is 0 Å². The van der Waals surface area contributed by atoms with Gasteiger partial charge in [-0.05, 0) is 57.2 Å². The van der Waals surface area contributed by atoms with Crippen molar-refractivity contribution in [3.63, 3.8) is 0 Å². The fourth-order valence-corrected chi connectivity index (χ4v) is 6.55. The van der Waals surface area contributed by atoms with Gasteiger partial charge in [-0.2, -0.15) is 0 Å². The summed E-state index contributed by atoms with van der Waals surface area (Å²) < 4.78 is 75.1. The molecule has 0 aliphatic carbocycles. The number of nitrogens with one attached hydrogen (secondary N) is 1. The third-order valence-electron chi connectivity index (χ3n) is 8.87. The summed E-state index contributed by atoms with van der Waals surface area (Å²) in [6, 6.07) is 12.5. The molecule has 1 N–H and O–H groups in total. The fourth-order valence-electron chi connectivity index (χ4n) is 5.50. The average Bonchev–Trinajstić information content (AvgIpc) is 3.32. The van der Waals surface area contributed by atoms with Gasteiger partial charge in [-0.25, -0.2) is 9.59 Å². The van der Waals surface area contributed by atoms with Crippen LogP contribution in [0.15, 0.2) is 97.6 Å². The van der Waals surface area contributed by atoms with Gasteiger partial charge < -0.3 is 66.9 Å². The van der Waals surface area contributed by atoms with E-state index >= 15 is 0 Å². The Kier molecular flexibility index (Phi) is 26.6. The van der Waals surface area contributed by atoms with Crippen molar-refractivity contribution in [3.05, 3.63) is 103 Å². The van der Waals surface area contributed by atoms with E-state index in [4.69, 9.17) is 61.6 Å². The number of hydrogen-bond donors (Lipinski definition) is 1. The third-order valence-corrected chi connectivity index (χ3v) is 10.0. The number of carbonyl (C=O) groups is 3. The number of rotatable bonds is 38. The molecule has 19 heteroatoms. The molecule has 3 atom stereocenters. The Hall–Kier alpha value is -5.06. The molecule has 3 unspecified atom stereocenters. The topological polar surface area (TPSA) is 200 Å².